The summed E-state index contributed by atoms with van der Waals surface area (Å²) in [7, 11) is 1.84. The summed E-state index contributed by atoms with van der Waals surface area (Å²) in [5, 5.41) is 11.2. The smallest absolute Gasteiger partial charge is 0.191 e. The van der Waals surface area contributed by atoms with Gasteiger partial charge in [0, 0.05) is 38.8 Å². The molecule has 0 spiro atoms. The number of likely N-dealkylation sites (tertiary alicyclic amines) is 1. The molecule has 2 N–H and O–H groups in total. The van der Waals surface area contributed by atoms with Crippen LogP contribution in [0.1, 0.15) is 26.3 Å². The third-order valence-corrected chi connectivity index (χ3v) is 4.69. The SMILES string of the molecule is CN=C(NCc1ccsc1)NC1CN(C(C)C)CC1C.I. The van der Waals surface area contributed by atoms with E-state index in [4.69, 9.17) is 0 Å². The lowest BCUT2D eigenvalue weighted by molar-refractivity contribution is 0.265. The van der Waals surface area contributed by atoms with Gasteiger partial charge in [0.1, 0.15) is 0 Å². The van der Waals surface area contributed by atoms with E-state index in [-0.39, 0.29) is 24.0 Å². The van der Waals surface area contributed by atoms with E-state index in [1.807, 2.05) is 7.05 Å². The Morgan fingerprint density at radius 3 is 2.76 bits per heavy atom. The summed E-state index contributed by atoms with van der Waals surface area (Å²) in [6, 6.07) is 3.24. The quantitative estimate of drug-likeness (QED) is 0.446. The highest BCUT2D eigenvalue weighted by molar-refractivity contribution is 14.0. The van der Waals surface area contributed by atoms with E-state index in [0.29, 0.717) is 18.0 Å². The molecule has 0 aromatic carbocycles. The highest BCUT2D eigenvalue weighted by Gasteiger charge is 2.31. The van der Waals surface area contributed by atoms with E-state index >= 15 is 0 Å². The zero-order valence-corrected chi connectivity index (χ0v) is 16.4. The molecule has 0 amide bonds. The normalized spacial score (nSPS) is 23.2. The molecule has 0 radical (unpaired) electrons. The Bertz CT molecular complexity index is 433. The minimum atomic E-state index is 0. The van der Waals surface area contributed by atoms with Crippen LogP contribution >= 0.6 is 35.3 Å². The summed E-state index contributed by atoms with van der Waals surface area (Å²) in [6.45, 7) is 9.93. The molecule has 1 fully saturated rings. The molecule has 120 valence electrons. The van der Waals surface area contributed by atoms with Gasteiger partial charge in [0.2, 0.25) is 0 Å². The van der Waals surface area contributed by atoms with Crippen molar-refractivity contribution in [3.8, 4) is 0 Å². The number of guanidine groups is 1. The van der Waals surface area contributed by atoms with Gasteiger partial charge >= 0.3 is 0 Å². The van der Waals surface area contributed by atoms with Crippen molar-refractivity contribution in [3.63, 3.8) is 0 Å². The maximum absolute atomic E-state index is 4.33. The molecule has 2 atom stereocenters. The van der Waals surface area contributed by atoms with Crippen LogP contribution in [0.3, 0.4) is 0 Å². The number of rotatable bonds is 4. The Morgan fingerprint density at radius 1 is 1.48 bits per heavy atom. The number of thiophene rings is 1. The number of hydrogen-bond donors (Lipinski definition) is 2. The number of halogens is 1. The molecule has 21 heavy (non-hydrogen) atoms. The highest BCUT2D eigenvalue weighted by Crippen LogP contribution is 2.18. The second kappa shape index (κ2) is 8.95. The molecule has 2 unspecified atom stereocenters. The highest BCUT2D eigenvalue weighted by atomic mass is 127. The van der Waals surface area contributed by atoms with Gasteiger partial charge in [-0.2, -0.15) is 11.3 Å². The van der Waals surface area contributed by atoms with E-state index in [0.717, 1.165) is 25.6 Å². The Balaban J connectivity index is 0.00000220. The van der Waals surface area contributed by atoms with Crippen LogP contribution in [0.2, 0.25) is 0 Å². The van der Waals surface area contributed by atoms with Gasteiger partial charge in [-0.1, -0.05) is 6.92 Å². The van der Waals surface area contributed by atoms with Crippen LogP contribution in [0.4, 0.5) is 0 Å². The zero-order chi connectivity index (χ0) is 14.5. The summed E-state index contributed by atoms with van der Waals surface area (Å²) < 4.78 is 0. The Morgan fingerprint density at radius 2 is 2.24 bits per heavy atom. The predicted molar refractivity (Wildman–Crippen MR) is 103 cm³/mol. The molecular formula is C15H27IN4S. The minimum absolute atomic E-state index is 0. The van der Waals surface area contributed by atoms with E-state index in [9.17, 15) is 0 Å². The second-order valence-corrected chi connectivity index (χ2v) is 6.61. The zero-order valence-electron chi connectivity index (χ0n) is 13.3. The Hall–Kier alpha value is -0.340. The van der Waals surface area contributed by atoms with E-state index in [1.54, 1.807) is 11.3 Å². The summed E-state index contributed by atoms with van der Waals surface area (Å²) in [5.41, 5.74) is 1.31. The van der Waals surface area contributed by atoms with Crippen LogP contribution in [0.15, 0.2) is 21.8 Å². The van der Waals surface area contributed by atoms with Crippen molar-refractivity contribution in [1.29, 1.82) is 0 Å². The van der Waals surface area contributed by atoms with Crippen molar-refractivity contribution < 1.29 is 0 Å². The number of nitrogens with zero attached hydrogens (tertiary/aromatic N) is 2. The lowest BCUT2D eigenvalue weighted by atomic mass is 10.1. The second-order valence-electron chi connectivity index (χ2n) is 5.83. The fourth-order valence-corrected chi connectivity index (χ4v) is 3.23. The van der Waals surface area contributed by atoms with Gasteiger partial charge in [-0.05, 0) is 42.2 Å². The molecule has 0 bridgehead atoms. The van der Waals surface area contributed by atoms with Crippen molar-refractivity contribution in [1.82, 2.24) is 15.5 Å². The predicted octanol–water partition coefficient (Wildman–Crippen LogP) is 2.76. The Labute approximate surface area is 149 Å². The average molecular weight is 422 g/mol. The largest absolute Gasteiger partial charge is 0.352 e. The van der Waals surface area contributed by atoms with Crippen molar-refractivity contribution in [2.24, 2.45) is 10.9 Å². The van der Waals surface area contributed by atoms with Gasteiger partial charge < -0.3 is 10.6 Å². The van der Waals surface area contributed by atoms with E-state index in [1.165, 1.54) is 5.56 Å². The first-order chi connectivity index (χ1) is 9.60. The first-order valence-corrected chi connectivity index (χ1v) is 8.26. The van der Waals surface area contributed by atoms with Gasteiger partial charge in [0.15, 0.2) is 5.96 Å². The van der Waals surface area contributed by atoms with Gasteiger partial charge in [-0.15, -0.1) is 24.0 Å². The lowest BCUT2D eigenvalue weighted by Gasteiger charge is -2.21. The van der Waals surface area contributed by atoms with E-state index < -0.39 is 0 Å². The van der Waals surface area contributed by atoms with Gasteiger partial charge in [0.25, 0.3) is 0 Å². The van der Waals surface area contributed by atoms with Crippen molar-refractivity contribution in [2.45, 2.75) is 39.4 Å². The van der Waals surface area contributed by atoms with Gasteiger partial charge in [0.05, 0.1) is 0 Å². The van der Waals surface area contributed by atoms with Crippen LogP contribution < -0.4 is 10.6 Å². The summed E-state index contributed by atoms with van der Waals surface area (Å²) in [6.07, 6.45) is 0. The lowest BCUT2D eigenvalue weighted by Crippen LogP contribution is -2.46. The number of hydrogen-bond acceptors (Lipinski definition) is 3. The first kappa shape index (κ1) is 18.7. The fourth-order valence-electron chi connectivity index (χ4n) is 2.56. The third-order valence-electron chi connectivity index (χ3n) is 3.96. The molecule has 0 saturated carbocycles. The minimum Gasteiger partial charge on any atom is -0.352 e. The first-order valence-electron chi connectivity index (χ1n) is 7.32. The molecule has 1 saturated heterocycles. The number of nitrogens with one attached hydrogen (secondary N) is 2. The number of aliphatic imine (C=N–C) groups is 1. The molecule has 0 aliphatic carbocycles. The summed E-state index contributed by atoms with van der Waals surface area (Å²) in [4.78, 5) is 6.86. The summed E-state index contributed by atoms with van der Waals surface area (Å²) in [5.74, 6) is 1.55. The van der Waals surface area contributed by atoms with Crippen molar-refractivity contribution in [2.75, 3.05) is 20.1 Å². The average Bonchev–Trinajstić information content (AvgIpc) is 3.04. The Kier molecular flexibility index (Phi) is 7.97. The molecular weight excluding hydrogens is 395 g/mol. The van der Waals surface area contributed by atoms with Crippen LogP contribution in [0.5, 0.6) is 0 Å². The molecule has 1 aliphatic heterocycles. The monoisotopic (exact) mass is 422 g/mol. The third kappa shape index (κ3) is 5.41. The molecule has 6 heteroatoms. The maximum Gasteiger partial charge on any atom is 0.191 e. The van der Waals surface area contributed by atoms with Gasteiger partial charge in [-0.3, -0.25) is 9.89 Å². The van der Waals surface area contributed by atoms with Crippen LogP contribution in [-0.4, -0.2) is 43.1 Å². The molecule has 2 heterocycles. The molecule has 1 aromatic heterocycles. The summed E-state index contributed by atoms with van der Waals surface area (Å²) >= 11 is 1.73. The van der Waals surface area contributed by atoms with Crippen LogP contribution in [0.25, 0.3) is 0 Å². The molecule has 1 aliphatic rings. The standard InChI is InChI=1S/C15H26N4S.HI/c1-11(2)19-8-12(3)14(9-19)18-15(16-4)17-7-13-5-6-20-10-13;/h5-6,10-12,14H,7-9H2,1-4H3,(H2,16,17,18);1H. The van der Waals surface area contributed by atoms with Crippen LogP contribution in [-0.2, 0) is 6.54 Å². The van der Waals surface area contributed by atoms with Gasteiger partial charge in [-0.25, -0.2) is 0 Å². The van der Waals surface area contributed by atoms with E-state index in [2.05, 4.69) is 58.1 Å². The molecule has 4 nitrogen and oxygen atoms in total. The van der Waals surface area contributed by atoms with Crippen LogP contribution in [0, 0.1) is 5.92 Å². The fraction of sp³-hybridized carbons (Fsp3) is 0.667. The molecule has 2 rings (SSSR count). The maximum atomic E-state index is 4.33. The van der Waals surface area contributed by atoms with Crippen molar-refractivity contribution >= 4 is 41.3 Å². The topological polar surface area (TPSA) is 39.7 Å². The molecule has 1 aromatic rings. The van der Waals surface area contributed by atoms with Crippen molar-refractivity contribution in [3.05, 3.63) is 22.4 Å².